The van der Waals surface area contributed by atoms with E-state index in [1.165, 1.54) is 13.0 Å². The normalized spacial score (nSPS) is 16.4. The number of alkyl halides is 3. The third kappa shape index (κ3) is 3.19. The molecule has 0 saturated carbocycles. The van der Waals surface area contributed by atoms with Crippen LogP contribution < -0.4 is 11.1 Å². The van der Waals surface area contributed by atoms with Crippen molar-refractivity contribution in [2.45, 2.75) is 19.1 Å². The number of aliphatic imine (C=N–C) groups is 1. The molecule has 0 spiro atoms. The second-order valence-electron chi connectivity index (χ2n) is 4.19. The van der Waals surface area contributed by atoms with E-state index in [0.29, 0.717) is 24.5 Å². The van der Waals surface area contributed by atoms with Crippen LogP contribution >= 0.6 is 12.4 Å². The fourth-order valence-corrected chi connectivity index (χ4v) is 2.07. The van der Waals surface area contributed by atoms with Crippen LogP contribution in [0.25, 0.3) is 0 Å². The van der Waals surface area contributed by atoms with Crippen LogP contribution in [0.5, 0.6) is 0 Å². The number of nitrogens with two attached hydrogens (primary N) is 1. The lowest BCUT2D eigenvalue weighted by Crippen LogP contribution is -2.31. The third-order valence-corrected chi connectivity index (χ3v) is 3.01. The fraction of sp³-hybridized carbons (Fsp3) is 0.417. The van der Waals surface area contributed by atoms with Crippen LogP contribution in [-0.4, -0.2) is 18.9 Å². The molecule has 7 heteroatoms. The zero-order valence-electron chi connectivity index (χ0n) is 10.3. The van der Waals surface area contributed by atoms with Gasteiger partial charge >= 0.3 is 6.18 Å². The first-order chi connectivity index (χ1) is 8.41. The van der Waals surface area contributed by atoms with Gasteiger partial charge in [0, 0.05) is 6.54 Å². The molecule has 0 aromatic heterocycles. The zero-order chi connectivity index (χ0) is 13.3. The predicted octanol–water partition coefficient (Wildman–Crippen LogP) is 2.44. The van der Waals surface area contributed by atoms with Crippen molar-refractivity contribution in [2.24, 2.45) is 10.7 Å². The Hall–Kier alpha value is -1.27. The Bertz CT molecular complexity index is 486. The SMILES string of the molecule is Cc1c(C(N)C2=NCCN2)cccc1C(F)(F)F.Cl. The number of hydrogen-bond donors (Lipinski definition) is 2. The van der Waals surface area contributed by atoms with E-state index in [9.17, 15) is 13.2 Å². The minimum absolute atomic E-state index is 0. The summed E-state index contributed by atoms with van der Waals surface area (Å²) >= 11 is 0. The maximum Gasteiger partial charge on any atom is 0.416 e. The highest BCUT2D eigenvalue weighted by atomic mass is 35.5. The van der Waals surface area contributed by atoms with Crippen molar-refractivity contribution in [3.8, 4) is 0 Å². The molecular formula is C12H15ClF3N3. The lowest BCUT2D eigenvalue weighted by molar-refractivity contribution is -0.138. The van der Waals surface area contributed by atoms with E-state index in [-0.39, 0.29) is 18.0 Å². The number of rotatable bonds is 2. The lowest BCUT2D eigenvalue weighted by Gasteiger charge is -2.18. The Morgan fingerprint density at radius 1 is 1.37 bits per heavy atom. The number of benzene rings is 1. The van der Waals surface area contributed by atoms with Gasteiger partial charge in [-0.1, -0.05) is 12.1 Å². The summed E-state index contributed by atoms with van der Waals surface area (Å²) in [6.45, 7) is 2.73. The second kappa shape index (κ2) is 5.79. The summed E-state index contributed by atoms with van der Waals surface area (Å²) in [5.41, 5.74) is 5.93. The molecular weight excluding hydrogens is 279 g/mol. The number of hydrogen-bond acceptors (Lipinski definition) is 3. The quantitative estimate of drug-likeness (QED) is 0.880. The molecule has 0 bridgehead atoms. The average molecular weight is 294 g/mol. The molecule has 0 aliphatic carbocycles. The molecule has 2 rings (SSSR count). The molecule has 1 aliphatic heterocycles. The topological polar surface area (TPSA) is 50.4 Å². The molecule has 1 aliphatic rings. The van der Waals surface area contributed by atoms with E-state index >= 15 is 0 Å². The molecule has 0 saturated heterocycles. The van der Waals surface area contributed by atoms with Gasteiger partial charge in [-0.25, -0.2) is 0 Å². The van der Waals surface area contributed by atoms with Gasteiger partial charge in [0.1, 0.15) is 5.84 Å². The van der Waals surface area contributed by atoms with Crippen molar-refractivity contribution >= 4 is 18.2 Å². The van der Waals surface area contributed by atoms with E-state index in [1.807, 2.05) is 0 Å². The van der Waals surface area contributed by atoms with Crippen molar-refractivity contribution in [3.63, 3.8) is 0 Å². The van der Waals surface area contributed by atoms with Gasteiger partial charge in [-0.05, 0) is 24.1 Å². The van der Waals surface area contributed by atoms with E-state index in [2.05, 4.69) is 10.3 Å². The Morgan fingerprint density at radius 2 is 2.05 bits per heavy atom. The average Bonchev–Trinajstić information content (AvgIpc) is 2.80. The van der Waals surface area contributed by atoms with Gasteiger partial charge in [-0.15, -0.1) is 12.4 Å². The van der Waals surface area contributed by atoms with Crippen molar-refractivity contribution in [3.05, 3.63) is 34.9 Å². The molecule has 1 heterocycles. The van der Waals surface area contributed by atoms with Gasteiger partial charge in [0.2, 0.25) is 0 Å². The molecule has 3 N–H and O–H groups in total. The first kappa shape index (κ1) is 15.8. The van der Waals surface area contributed by atoms with Gasteiger partial charge in [0.15, 0.2) is 0 Å². The summed E-state index contributed by atoms with van der Waals surface area (Å²) in [5, 5.41) is 2.98. The van der Waals surface area contributed by atoms with Gasteiger partial charge in [-0.2, -0.15) is 13.2 Å². The minimum Gasteiger partial charge on any atom is -0.370 e. The second-order valence-corrected chi connectivity index (χ2v) is 4.19. The Morgan fingerprint density at radius 3 is 2.58 bits per heavy atom. The minimum atomic E-state index is -4.36. The highest BCUT2D eigenvalue weighted by Gasteiger charge is 2.33. The van der Waals surface area contributed by atoms with Crippen LogP contribution in [0.4, 0.5) is 13.2 Å². The molecule has 3 nitrogen and oxygen atoms in total. The molecule has 1 atom stereocenters. The largest absolute Gasteiger partial charge is 0.416 e. The monoisotopic (exact) mass is 293 g/mol. The van der Waals surface area contributed by atoms with E-state index in [0.717, 1.165) is 6.07 Å². The van der Waals surface area contributed by atoms with Gasteiger partial charge < -0.3 is 11.1 Å². The molecule has 0 amide bonds. The van der Waals surface area contributed by atoms with Gasteiger partial charge in [0.05, 0.1) is 18.2 Å². The van der Waals surface area contributed by atoms with Crippen molar-refractivity contribution in [1.82, 2.24) is 5.32 Å². The van der Waals surface area contributed by atoms with Crippen molar-refractivity contribution in [2.75, 3.05) is 13.1 Å². The number of nitrogens with zero attached hydrogens (tertiary/aromatic N) is 1. The summed E-state index contributed by atoms with van der Waals surface area (Å²) in [6.07, 6.45) is -4.36. The summed E-state index contributed by atoms with van der Waals surface area (Å²) in [7, 11) is 0. The molecule has 0 radical (unpaired) electrons. The predicted molar refractivity (Wildman–Crippen MR) is 70.7 cm³/mol. The molecule has 19 heavy (non-hydrogen) atoms. The summed E-state index contributed by atoms with van der Waals surface area (Å²) in [5.74, 6) is 0.553. The maximum absolute atomic E-state index is 12.8. The smallest absolute Gasteiger partial charge is 0.370 e. The lowest BCUT2D eigenvalue weighted by atomic mass is 9.96. The Labute approximate surface area is 115 Å². The van der Waals surface area contributed by atoms with E-state index in [1.54, 1.807) is 6.07 Å². The number of nitrogens with one attached hydrogen (secondary N) is 1. The van der Waals surface area contributed by atoms with E-state index in [4.69, 9.17) is 5.73 Å². The first-order valence-corrected chi connectivity index (χ1v) is 5.62. The van der Waals surface area contributed by atoms with Gasteiger partial charge in [0.25, 0.3) is 0 Å². The van der Waals surface area contributed by atoms with Gasteiger partial charge in [-0.3, -0.25) is 4.99 Å². The highest BCUT2D eigenvalue weighted by molar-refractivity contribution is 5.89. The molecule has 106 valence electrons. The molecule has 1 aromatic carbocycles. The molecule has 1 aromatic rings. The van der Waals surface area contributed by atoms with Crippen LogP contribution in [0.15, 0.2) is 23.2 Å². The third-order valence-electron chi connectivity index (χ3n) is 3.01. The summed E-state index contributed by atoms with van der Waals surface area (Å²) in [4.78, 5) is 4.14. The maximum atomic E-state index is 12.8. The highest BCUT2D eigenvalue weighted by Crippen LogP contribution is 2.34. The van der Waals surface area contributed by atoms with Crippen LogP contribution in [0.1, 0.15) is 22.7 Å². The first-order valence-electron chi connectivity index (χ1n) is 5.62. The number of amidine groups is 1. The van der Waals surface area contributed by atoms with E-state index < -0.39 is 17.8 Å². The summed E-state index contributed by atoms with van der Waals surface area (Å²) < 4.78 is 38.3. The zero-order valence-corrected chi connectivity index (χ0v) is 11.1. The van der Waals surface area contributed by atoms with Crippen LogP contribution in [0.3, 0.4) is 0 Å². The fourth-order valence-electron chi connectivity index (χ4n) is 2.07. The standard InChI is InChI=1S/C12H14F3N3.ClH/c1-7-8(10(16)11-17-5-6-18-11)3-2-4-9(7)12(13,14)15;/h2-4,10H,5-6,16H2,1H3,(H,17,18);1H. The Kier molecular flexibility index (Phi) is 4.81. The van der Waals surface area contributed by atoms with Crippen LogP contribution in [0.2, 0.25) is 0 Å². The van der Waals surface area contributed by atoms with Crippen LogP contribution in [0, 0.1) is 6.92 Å². The van der Waals surface area contributed by atoms with Crippen molar-refractivity contribution in [1.29, 1.82) is 0 Å². The van der Waals surface area contributed by atoms with Crippen molar-refractivity contribution < 1.29 is 13.2 Å². The molecule has 1 unspecified atom stereocenters. The summed E-state index contributed by atoms with van der Waals surface area (Å²) in [6, 6.07) is 3.42. The number of halogens is 4. The van der Waals surface area contributed by atoms with Crippen LogP contribution in [-0.2, 0) is 6.18 Å². The molecule has 0 fully saturated rings. The Balaban J connectivity index is 0.00000180.